The van der Waals surface area contributed by atoms with E-state index >= 15 is 0 Å². The van der Waals surface area contributed by atoms with Crippen LogP contribution in [-0.4, -0.2) is 36.5 Å². The lowest BCUT2D eigenvalue weighted by molar-refractivity contribution is 0.414. The molecule has 0 atom stereocenters. The van der Waals surface area contributed by atoms with Gasteiger partial charge in [-0.15, -0.1) is 10.2 Å². The van der Waals surface area contributed by atoms with Crippen LogP contribution in [0.25, 0.3) is 27.9 Å². The molecule has 5 aromatic rings. The number of ether oxygens (including phenoxy) is 1. The van der Waals surface area contributed by atoms with Gasteiger partial charge in [0.05, 0.1) is 18.4 Å². The summed E-state index contributed by atoms with van der Waals surface area (Å²) in [4.78, 5) is 17.6. The third kappa shape index (κ3) is 3.71. The Kier molecular flexibility index (Phi) is 5.29. The van der Waals surface area contributed by atoms with Crippen LogP contribution in [-0.2, 0) is 19.4 Å². The number of halogens is 1. The molecule has 33 heavy (non-hydrogen) atoms. The van der Waals surface area contributed by atoms with Crippen LogP contribution >= 0.6 is 0 Å². The highest BCUT2D eigenvalue weighted by molar-refractivity contribution is 5.83. The summed E-state index contributed by atoms with van der Waals surface area (Å²) in [5.41, 5.74) is 4.09. The Bertz CT molecular complexity index is 1510. The number of rotatable bonds is 6. The van der Waals surface area contributed by atoms with E-state index < -0.39 is 0 Å². The van der Waals surface area contributed by atoms with E-state index in [9.17, 15) is 9.18 Å². The molecular formula is C24H21FN6O2. The first kappa shape index (κ1) is 20.7. The minimum absolute atomic E-state index is 0.149. The molecule has 0 aliphatic carbocycles. The Morgan fingerprint density at radius 3 is 2.45 bits per heavy atom. The van der Waals surface area contributed by atoms with E-state index in [0.29, 0.717) is 30.7 Å². The SMILES string of the molecule is CCc1nn2c(nnc3c(=O)n(CCc4ccc(OC)cc4)cnc32)c1-c1ccc(F)cc1. The maximum atomic E-state index is 13.4. The number of hydrogen-bond donors (Lipinski definition) is 0. The lowest BCUT2D eigenvalue weighted by atomic mass is 10.0. The van der Waals surface area contributed by atoms with E-state index in [1.54, 1.807) is 23.8 Å². The third-order valence-electron chi connectivity index (χ3n) is 5.64. The van der Waals surface area contributed by atoms with Gasteiger partial charge in [0, 0.05) is 6.54 Å². The van der Waals surface area contributed by atoms with E-state index in [2.05, 4.69) is 20.3 Å². The largest absolute Gasteiger partial charge is 0.497 e. The van der Waals surface area contributed by atoms with Crippen molar-refractivity contribution in [3.8, 4) is 16.9 Å². The minimum Gasteiger partial charge on any atom is -0.497 e. The van der Waals surface area contributed by atoms with E-state index in [0.717, 1.165) is 28.1 Å². The van der Waals surface area contributed by atoms with E-state index in [4.69, 9.17) is 4.74 Å². The van der Waals surface area contributed by atoms with E-state index in [-0.39, 0.29) is 16.9 Å². The molecule has 0 N–H and O–H groups in total. The zero-order valence-electron chi connectivity index (χ0n) is 18.2. The predicted molar refractivity (Wildman–Crippen MR) is 122 cm³/mol. The summed E-state index contributed by atoms with van der Waals surface area (Å²) in [7, 11) is 1.62. The van der Waals surface area contributed by atoms with Crippen molar-refractivity contribution in [2.24, 2.45) is 0 Å². The minimum atomic E-state index is -0.318. The van der Waals surface area contributed by atoms with Gasteiger partial charge >= 0.3 is 0 Å². The van der Waals surface area contributed by atoms with Crippen LogP contribution in [0, 0.1) is 5.82 Å². The Labute approximate surface area is 188 Å². The fraction of sp³-hybridized carbons (Fsp3) is 0.208. The lowest BCUT2D eigenvalue weighted by Gasteiger charge is -2.07. The maximum Gasteiger partial charge on any atom is 0.283 e. The summed E-state index contributed by atoms with van der Waals surface area (Å²) in [6.45, 7) is 2.43. The van der Waals surface area contributed by atoms with Crippen LogP contribution in [0.3, 0.4) is 0 Å². The Morgan fingerprint density at radius 2 is 1.76 bits per heavy atom. The van der Waals surface area contributed by atoms with Gasteiger partial charge in [-0.3, -0.25) is 9.36 Å². The molecular weight excluding hydrogens is 423 g/mol. The molecule has 0 aliphatic rings. The number of hydrogen-bond acceptors (Lipinski definition) is 6. The first-order valence-corrected chi connectivity index (χ1v) is 10.6. The van der Waals surface area contributed by atoms with Crippen molar-refractivity contribution in [3.05, 3.63) is 82.3 Å². The first-order valence-electron chi connectivity index (χ1n) is 10.6. The fourth-order valence-corrected chi connectivity index (χ4v) is 3.86. The zero-order chi connectivity index (χ0) is 22.9. The summed E-state index contributed by atoms with van der Waals surface area (Å²) < 4.78 is 21.7. The molecule has 0 fully saturated rings. The average molecular weight is 444 g/mol. The predicted octanol–water partition coefficient (Wildman–Crippen LogP) is 3.45. The molecule has 0 saturated heterocycles. The monoisotopic (exact) mass is 444 g/mol. The summed E-state index contributed by atoms with van der Waals surface area (Å²) in [5, 5.41) is 13.1. The highest BCUT2D eigenvalue weighted by Gasteiger charge is 2.19. The Hall–Kier alpha value is -4.14. The second-order valence-electron chi connectivity index (χ2n) is 7.63. The molecule has 0 unspecified atom stereocenters. The molecule has 2 aromatic carbocycles. The molecule has 0 radical (unpaired) electrons. The number of methoxy groups -OCH3 is 1. The molecule has 166 valence electrons. The van der Waals surface area contributed by atoms with Gasteiger partial charge in [0.15, 0.2) is 16.8 Å². The molecule has 0 aliphatic heterocycles. The third-order valence-corrected chi connectivity index (χ3v) is 5.64. The van der Waals surface area contributed by atoms with Crippen molar-refractivity contribution in [1.29, 1.82) is 0 Å². The normalized spacial score (nSPS) is 11.4. The number of aromatic nitrogens is 6. The number of aryl methyl sites for hydroxylation is 3. The van der Waals surface area contributed by atoms with Gasteiger partial charge in [0.2, 0.25) is 0 Å². The van der Waals surface area contributed by atoms with Crippen LogP contribution in [0.15, 0.2) is 59.7 Å². The molecule has 0 saturated carbocycles. The van der Waals surface area contributed by atoms with Crippen LogP contribution in [0.4, 0.5) is 4.39 Å². The standard InChI is InChI=1S/C24H21FN6O2/c1-3-19-20(16-6-8-17(25)9-7-16)22-28-27-21-23(31(22)29-19)26-14-30(24(21)32)13-12-15-4-10-18(33-2)11-5-15/h4-11,14H,3,12-13H2,1-2H3. The highest BCUT2D eigenvalue weighted by Crippen LogP contribution is 2.28. The number of nitrogens with zero attached hydrogens (tertiary/aromatic N) is 6. The average Bonchev–Trinajstić information content (AvgIpc) is 3.23. The van der Waals surface area contributed by atoms with Crippen molar-refractivity contribution in [1.82, 2.24) is 29.4 Å². The molecule has 3 aromatic heterocycles. The number of benzene rings is 2. The quantitative estimate of drug-likeness (QED) is 0.399. The summed E-state index contributed by atoms with van der Waals surface area (Å²) in [6, 6.07) is 13.9. The van der Waals surface area contributed by atoms with Gasteiger partial charge in [-0.25, -0.2) is 9.37 Å². The lowest BCUT2D eigenvalue weighted by Crippen LogP contribution is -2.23. The van der Waals surface area contributed by atoms with Gasteiger partial charge in [0.1, 0.15) is 17.9 Å². The molecule has 3 heterocycles. The molecule has 0 bridgehead atoms. The van der Waals surface area contributed by atoms with Gasteiger partial charge in [0.25, 0.3) is 5.56 Å². The topological polar surface area (TPSA) is 87.2 Å². The van der Waals surface area contributed by atoms with Crippen LogP contribution < -0.4 is 10.3 Å². The summed E-state index contributed by atoms with van der Waals surface area (Å²) >= 11 is 0. The van der Waals surface area contributed by atoms with Crippen LogP contribution in [0.5, 0.6) is 5.75 Å². The van der Waals surface area contributed by atoms with Gasteiger partial charge < -0.3 is 4.74 Å². The Morgan fingerprint density at radius 1 is 1.00 bits per heavy atom. The van der Waals surface area contributed by atoms with Gasteiger partial charge in [-0.05, 0) is 48.2 Å². The van der Waals surface area contributed by atoms with E-state index in [1.165, 1.54) is 23.0 Å². The van der Waals surface area contributed by atoms with Gasteiger partial charge in [-0.1, -0.05) is 31.2 Å². The van der Waals surface area contributed by atoms with E-state index in [1.807, 2.05) is 31.2 Å². The van der Waals surface area contributed by atoms with Crippen molar-refractivity contribution in [3.63, 3.8) is 0 Å². The Balaban J connectivity index is 1.54. The molecule has 5 rings (SSSR count). The van der Waals surface area contributed by atoms with Crippen molar-refractivity contribution >= 4 is 16.8 Å². The highest BCUT2D eigenvalue weighted by atomic mass is 19.1. The smallest absolute Gasteiger partial charge is 0.283 e. The molecule has 0 amide bonds. The molecule has 9 heteroatoms. The maximum absolute atomic E-state index is 13.4. The molecule has 0 spiro atoms. The second-order valence-corrected chi connectivity index (χ2v) is 7.63. The number of fused-ring (bicyclic) bond motifs is 3. The van der Waals surface area contributed by atoms with Gasteiger partial charge in [-0.2, -0.15) is 9.61 Å². The zero-order valence-corrected chi connectivity index (χ0v) is 18.2. The van der Waals surface area contributed by atoms with Crippen LogP contribution in [0.1, 0.15) is 18.2 Å². The summed E-state index contributed by atoms with van der Waals surface area (Å²) in [6.07, 6.45) is 2.81. The molecule has 8 nitrogen and oxygen atoms in total. The second kappa shape index (κ2) is 8.42. The van der Waals surface area contributed by atoms with Crippen LogP contribution in [0.2, 0.25) is 0 Å². The fourth-order valence-electron chi connectivity index (χ4n) is 3.86. The van der Waals surface area contributed by atoms with Crippen molar-refractivity contribution < 1.29 is 9.13 Å². The first-order chi connectivity index (χ1) is 16.1. The van der Waals surface area contributed by atoms with Crippen molar-refractivity contribution in [2.45, 2.75) is 26.3 Å². The summed E-state index contributed by atoms with van der Waals surface area (Å²) in [5.74, 6) is 0.468. The van der Waals surface area contributed by atoms with Crippen molar-refractivity contribution in [2.75, 3.05) is 7.11 Å².